The molecule has 0 bridgehead atoms. The Hall–Kier alpha value is -3.95. The van der Waals surface area contributed by atoms with E-state index in [0.717, 1.165) is 10.4 Å². The molecule has 1 heterocycles. The van der Waals surface area contributed by atoms with Crippen LogP contribution in [0.1, 0.15) is 11.1 Å². The standard InChI is InChI=1S/C24H20N4O7S3/c25-13-17-3-1-5-21(11-17)37(32,33)27-19-7-9-20(10-8-19)28(23-15-36(30,31)16-24(23)29)38(34,35)22-6-2-4-18(12-22)14-26/h1-12,23-24,27,29H,15-16H2/t23-,24-/m0/s1. The van der Waals surface area contributed by atoms with Crippen molar-refractivity contribution < 1.29 is 30.4 Å². The molecule has 2 N–H and O–H groups in total. The van der Waals surface area contributed by atoms with Crippen molar-refractivity contribution in [1.82, 2.24) is 0 Å². The van der Waals surface area contributed by atoms with Gasteiger partial charge in [-0.1, -0.05) is 12.1 Å². The zero-order chi connectivity index (χ0) is 27.7. The molecule has 1 aliphatic rings. The number of nitrogens with zero attached hydrogens (tertiary/aromatic N) is 3. The molecule has 1 aliphatic heterocycles. The first-order valence-corrected chi connectivity index (χ1v) is 15.7. The van der Waals surface area contributed by atoms with Crippen molar-refractivity contribution in [3.05, 3.63) is 83.9 Å². The van der Waals surface area contributed by atoms with Crippen molar-refractivity contribution in [2.75, 3.05) is 20.5 Å². The van der Waals surface area contributed by atoms with E-state index in [4.69, 9.17) is 5.26 Å². The second kappa shape index (κ2) is 10.1. The molecule has 4 rings (SSSR count). The summed E-state index contributed by atoms with van der Waals surface area (Å²) in [4.78, 5) is -0.434. The predicted octanol–water partition coefficient (Wildman–Crippen LogP) is 1.58. The highest BCUT2D eigenvalue weighted by molar-refractivity contribution is 7.93. The molecule has 0 amide bonds. The molecule has 3 aromatic carbocycles. The number of aliphatic hydroxyl groups is 1. The molecule has 0 unspecified atom stereocenters. The van der Waals surface area contributed by atoms with Crippen LogP contribution in [0.25, 0.3) is 0 Å². The van der Waals surface area contributed by atoms with E-state index >= 15 is 0 Å². The number of nitriles is 2. The molecule has 2 atom stereocenters. The van der Waals surface area contributed by atoms with E-state index in [-0.39, 0.29) is 32.3 Å². The molecule has 0 radical (unpaired) electrons. The molecule has 38 heavy (non-hydrogen) atoms. The van der Waals surface area contributed by atoms with Gasteiger partial charge in [0.05, 0.1) is 62.4 Å². The maximum absolute atomic E-state index is 13.7. The van der Waals surface area contributed by atoms with E-state index in [1.165, 1.54) is 66.7 Å². The van der Waals surface area contributed by atoms with Gasteiger partial charge in [0.15, 0.2) is 9.84 Å². The van der Waals surface area contributed by atoms with Gasteiger partial charge in [0.2, 0.25) is 0 Å². The second-order valence-electron chi connectivity index (χ2n) is 8.44. The van der Waals surface area contributed by atoms with Gasteiger partial charge in [-0.25, -0.2) is 25.3 Å². The topological polar surface area (TPSA) is 185 Å². The van der Waals surface area contributed by atoms with Gasteiger partial charge in [-0.05, 0) is 60.7 Å². The summed E-state index contributed by atoms with van der Waals surface area (Å²) in [6.07, 6.45) is -1.51. The van der Waals surface area contributed by atoms with Crippen LogP contribution in [-0.2, 0) is 29.9 Å². The van der Waals surface area contributed by atoms with Crippen molar-refractivity contribution in [2.45, 2.75) is 21.9 Å². The van der Waals surface area contributed by atoms with E-state index in [2.05, 4.69) is 4.72 Å². The normalized spacial score (nSPS) is 18.7. The number of hydrogen-bond donors (Lipinski definition) is 2. The Bertz CT molecular complexity index is 1790. The highest BCUT2D eigenvalue weighted by atomic mass is 32.2. The van der Waals surface area contributed by atoms with Crippen LogP contribution in [-0.4, -0.2) is 54.0 Å². The lowest BCUT2D eigenvalue weighted by atomic mass is 10.2. The van der Waals surface area contributed by atoms with E-state index in [1.54, 1.807) is 0 Å². The van der Waals surface area contributed by atoms with Gasteiger partial charge < -0.3 is 5.11 Å². The lowest BCUT2D eigenvalue weighted by molar-refractivity contribution is 0.184. The first-order chi connectivity index (χ1) is 17.9. The number of aliphatic hydroxyl groups excluding tert-OH is 1. The third kappa shape index (κ3) is 5.49. The summed E-state index contributed by atoms with van der Waals surface area (Å²) < 4.78 is 80.5. The van der Waals surface area contributed by atoms with Crippen molar-refractivity contribution in [3.63, 3.8) is 0 Å². The molecule has 14 heteroatoms. The molecule has 3 aromatic rings. The zero-order valence-electron chi connectivity index (χ0n) is 19.5. The van der Waals surface area contributed by atoms with Crippen LogP contribution in [0.5, 0.6) is 0 Å². The van der Waals surface area contributed by atoms with Crippen molar-refractivity contribution in [1.29, 1.82) is 10.5 Å². The third-order valence-corrected chi connectivity index (χ3v) is 10.7. The van der Waals surface area contributed by atoms with Crippen LogP contribution < -0.4 is 9.03 Å². The highest BCUT2D eigenvalue weighted by Crippen LogP contribution is 2.32. The Labute approximate surface area is 220 Å². The number of nitrogens with one attached hydrogen (secondary N) is 1. The van der Waals surface area contributed by atoms with Crippen LogP contribution in [0, 0.1) is 22.7 Å². The fourth-order valence-electron chi connectivity index (χ4n) is 4.01. The maximum Gasteiger partial charge on any atom is 0.264 e. The summed E-state index contributed by atoms with van der Waals surface area (Å²) in [5.74, 6) is -1.25. The average Bonchev–Trinajstić information content (AvgIpc) is 3.16. The molecule has 0 saturated carbocycles. The summed E-state index contributed by atoms with van der Waals surface area (Å²) in [6.45, 7) is 0. The molecule has 1 fully saturated rings. The zero-order valence-corrected chi connectivity index (χ0v) is 21.9. The number of rotatable bonds is 7. The smallest absolute Gasteiger partial charge is 0.264 e. The SMILES string of the molecule is N#Cc1cccc(S(=O)(=O)Nc2ccc(N([C@H]3CS(=O)(=O)C[C@@H]3O)S(=O)(=O)c3cccc(C#N)c3)cc2)c1. The maximum atomic E-state index is 13.7. The molecule has 0 aliphatic carbocycles. The van der Waals surface area contributed by atoms with Gasteiger partial charge in [0.25, 0.3) is 20.0 Å². The summed E-state index contributed by atoms with van der Waals surface area (Å²) in [5.41, 5.74) is 0.257. The van der Waals surface area contributed by atoms with Crippen molar-refractivity contribution in [3.8, 4) is 12.1 Å². The van der Waals surface area contributed by atoms with Gasteiger partial charge in [0, 0.05) is 5.69 Å². The summed E-state index contributed by atoms with van der Waals surface area (Å²) >= 11 is 0. The van der Waals surface area contributed by atoms with E-state index < -0.39 is 53.5 Å². The molecule has 1 saturated heterocycles. The van der Waals surface area contributed by atoms with Crippen molar-refractivity contribution in [2.24, 2.45) is 0 Å². The van der Waals surface area contributed by atoms with Crippen LogP contribution in [0.4, 0.5) is 11.4 Å². The minimum Gasteiger partial charge on any atom is -0.390 e. The monoisotopic (exact) mass is 572 g/mol. The first-order valence-electron chi connectivity index (χ1n) is 10.9. The second-order valence-corrected chi connectivity index (χ2v) is 14.1. The number of anilines is 2. The number of benzene rings is 3. The van der Waals surface area contributed by atoms with Gasteiger partial charge in [0.1, 0.15) is 0 Å². The predicted molar refractivity (Wildman–Crippen MR) is 138 cm³/mol. The van der Waals surface area contributed by atoms with Crippen molar-refractivity contribution >= 4 is 41.3 Å². The first kappa shape index (κ1) is 27.1. The molecule has 0 aromatic heterocycles. The van der Waals surface area contributed by atoms with Gasteiger partial charge in [-0.3, -0.25) is 9.03 Å². The van der Waals surface area contributed by atoms with Gasteiger partial charge in [-0.15, -0.1) is 0 Å². The number of sulfonamides is 2. The Morgan fingerprint density at radius 2 is 1.39 bits per heavy atom. The Kier molecular flexibility index (Phi) is 7.18. The Balaban J connectivity index is 1.73. The average molecular weight is 573 g/mol. The van der Waals surface area contributed by atoms with Crippen LogP contribution in [0.3, 0.4) is 0 Å². The fraction of sp³-hybridized carbons (Fsp3) is 0.167. The quantitative estimate of drug-likeness (QED) is 0.424. The van der Waals surface area contributed by atoms with E-state index in [0.29, 0.717) is 0 Å². The fourth-order valence-corrected chi connectivity index (χ4v) is 8.70. The molecular formula is C24H20N4O7S3. The largest absolute Gasteiger partial charge is 0.390 e. The minimum atomic E-state index is -4.46. The third-order valence-electron chi connectivity index (χ3n) is 5.76. The number of hydrogen-bond acceptors (Lipinski definition) is 9. The van der Waals surface area contributed by atoms with Gasteiger partial charge >= 0.3 is 0 Å². The lowest BCUT2D eigenvalue weighted by Gasteiger charge is -2.31. The molecule has 11 nitrogen and oxygen atoms in total. The molecular weight excluding hydrogens is 552 g/mol. The summed E-state index contributed by atoms with van der Waals surface area (Å²) in [7, 11) is -12.3. The van der Waals surface area contributed by atoms with Gasteiger partial charge in [-0.2, -0.15) is 10.5 Å². The van der Waals surface area contributed by atoms with Crippen LogP contribution >= 0.6 is 0 Å². The minimum absolute atomic E-state index is 0.0251. The highest BCUT2D eigenvalue weighted by Gasteiger charge is 2.45. The van der Waals surface area contributed by atoms with Crippen LogP contribution in [0.2, 0.25) is 0 Å². The summed E-state index contributed by atoms with van der Waals surface area (Å²) in [5, 5.41) is 28.7. The Morgan fingerprint density at radius 1 is 0.842 bits per heavy atom. The van der Waals surface area contributed by atoms with E-state index in [9.17, 15) is 35.6 Å². The number of sulfone groups is 1. The molecule has 196 valence electrons. The van der Waals surface area contributed by atoms with Crippen LogP contribution in [0.15, 0.2) is 82.6 Å². The summed E-state index contributed by atoms with van der Waals surface area (Å²) in [6, 6.07) is 18.0. The Morgan fingerprint density at radius 3 is 1.92 bits per heavy atom. The molecule has 0 spiro atoms. The lowest BCUT2D eigenvalue weighted by Crippen LogP contribution is -2.47. The van der Waals surface area contributed by atoms with E-state index in [1.807, 2.05) is 12.1 Å².